The summed E-state index contributed by atoms with van der Waals surface area (Å²) in [5, 5.41) is 2.53. The van der Waals surface area contributed by atoms with Crippen molar-refractivity contribution in [2.24, 2.45) is 0 Å². The van der Waals surface area contributed by atoms with E-state index in [4.69, 9.17) is 0 Å². The molecule has 3 rings (SSSR count). The Morgan fingerprint density at radius 1 is 1.07 bits per heavy atom. The van der Waals surface area contributed by atoms with Crippen LogP contribution in [0.3, 0.4) is 0 Å². The lowest BCUT2D eigenvalue weighted by molar-refractivity contribution is -0.115. The van der Waals surface area contributed by atoms with Gasteiger partial charge in [-0.1, -0.05) is 54.2 Å². The predicted molar refractivity (Wildman–Crippen MR) is 109 cm³/mol. The van der Waals surface area contributed by atoms with Crippen molar-refractivity contribution in [3.05, 3.63) is 66.4 Å². The predicted octanol–water partition coefficient (Wildman–Crippen LogP) is 5.17. The highest BCUT2D eigenvalue weighted by Gasteiger charge is 2.19. The zero-order valence-corrected chi connectivity index (χ0v) is 16.6. The summed E-state index contributed by atoms with van der Waals surface area (Å²) in [5.41, 5.74) is 2.68. The average Bonchev–Trinajstić information content (AvgIpc) is 2.69. The Labute approximate surface area is 171 Å². The number of anilines is 1. The topological polar surface area (TPSA) is 64.1 Å². The highest BCUT2D eigenvalue weighted by atomic mass is 32.2. The maximum Gasteiger partial charge on any atom is 0.387 e. The van der Waals surface area contributed by atoms with Crippen molar-refractivity contribution >= 4 is 23.4 Å². The number of ether oxygens (including phenoxy) is 1. The Hall–Kier alpha value is -3.00. The molecule has 0 fully saturated rings. The van der Waals surface area contributed by atoms with Crippen LogP contribution in [0.25, 0.3) is 11.3 Å². The Kier molecular flexibility index (Phi) is 6.77. The summed E-state index contributed by atoms with van der Waals surface area (Å²) in [5.74, 6) is -0.460. The molecule has 29 heavy (non-hydrogen) atoms. The number of hydrogen-bond acceptors (Lipinski definition) is 5. The summed E-state index contributed by atoms with van der Waals surface area (Å²) >= 11 is 1.19. The largest absolute Gasteiger partial charge is 0.433 e. The molecule has 0 saturated heterocycles. The summed E-state index contributed by atoms with van der Waals surface area (Å²) in [6, 6.07) is 17.6. The van der Waals surface area contributed by atoms with Crippen LogP contribution < -0.4 is 10.1 Å². The molecule has 3 aromatic rings. The molecule has 1 N–H and O–H groups in total. The highest BCUT2D eigenvalue weighted by molar-refractivity contribution is 8.00. The van der Waals surface area contributed by atoms with E-state index >= 15 is 0 Å². The number of para-hydroxylation sites is 2. The molecular weight excluding hydrogens is 396 g/mol. The number of benzene rings is 2. The van der Waals surface area contributed by atoms with Gasteiger partial charge in [0.2, 0.25) is 5.91 Å². The molecule has 8 heteroatoms. The van der Waals surface area contributed by atoms with Gasteiger partial charge in [0.15, 0.2) is 5.16 Å². The van der Waals surface area contributed by atoms with Crippen LogP contribution in [0.4, 0.5) is 14.5 Å². The lowest BCUT2D eigenvalue weighted by Crippen LogP contribution is -2.23. The van der Waals surface area contributed by atoms with Gasteiger partial charge in [0.05, 0.1) is 16.6 Å². The Balaban J connectivity index is 1.73. The molecule has 1 atom stereocenters. The SMILES string of the molecule is Cc1cc(-c2ccccc2)nc(S[C@@H](C)C(=O)Nc2ccccc2OC(F)F)n1. The van der Waals surface area contributed by atoms with Crippen molar-refractivity contribution in [3.63, 3.8) is 0 Å². The first-order valence-corrected chi connectivity index (χ1v) is 9.73. The van der Waals surface area contributed by atoms with E-state index in [1.807, 2.05) is 43.3 Å². The number of rotatable bonds is 7. The maximum absolute atomic E-state index is 12.6. The van der Waals surface area contributed by atoms with E-state index in [1.165, 1.54) is 23.9 Å². The van der Waals surface area contributed by atoms with Crippen molar-refractivity contribution in [2.45, 2.75) is 30.9 Å². The van der Waals surface area contributed by atoms with Crippen LogP contribution in [-0.4, -0.2) is 27.7 Å². The minimum atomic E-state index is -2.98. The van der Waals surface area contributed by atoms with E-state index in [0.29, 0.717) is 5.16 Å². The molecule has 1 heterocycles. The molecule has 1 amide bonds. The molecule has 150 valence electrons. The molecule has 2 aromatic carbocycles. The van der Waals surface area contributed by atoms with Crippen LogP contribution in [0.5, 0.6) is 5.75 Å². The van der Waals surface area contributed by atoms with E-state index < -0.39 is 11.9 Å². The van der Waals surface area contributed by atoms with E-state index in [9.17, 15) is 13.6 Å². The number of carbonyl (C=O) groups is 1. The molecule has 0 bridgehead atoms. The fraction of sp³-hybridized carbons (Fsp3) is 0.190. The number of nitrogens with zero attached hydrogens (tertiary/aromatic N) is 2. The monoisotopic (exact) mass is 415 g/mol. The highest BCUT2D eigenvalue weighted by Crippen LogP contribution is 2.28. The Bertz CT molecular complexity index is 987. The molecule has 0 spiro atoms. The first-order chi connectivity index (χ1) is 13.9. The number of hydrogen-bond donors (Lipinski definition) is 1. The number of amides is 1. The van der Waals surface area contributed by atoms with Crippen LogP contribution in [0.15, 0.2) is 65.8 Å². The Morgan fingerprint density at radius 2 is 1.76 bits per heavy atom. The molecule has 1 aromatic heterocycles. The average molecular weight is 415 g/mol. The Morgan fingerprint density at radius 3 is 2.48 bits per heavy atom. The summed E-state index contributed by atoms with van der Waals surface area (Å²) < 4.78 is 29.5. The number of nitrogens with one attached hydrogen (secondary N) is 1. The quantitative estimate of drug-likeness (QED) is 0.426. The number of aromatic nitrogens is 2. The van der Waals surface area contributed by atoms with Crippen LogP contribution >= 0.6 is 11.8 Å². The van der Waals surface area contributed by atoms with Crippen LogP contribution in [0, 0.1) is 6.92 Å². The molecule has 0 saturated carbocycles. The number of thioether (sulfide) groups is 1. The maximum atomic E-state index is 12.6. The second kappa shape index (κ2) is 9.47. The van der Waals surface area contributed by atoms with Crippen molar-refractivity contribution < 1.29 is 18.3 Å². The van der Waals surface area contributed by atoms with Crippen LogP contribution in [-0.2, 0) is 4.79 Å². The normalized spacial score (nSPS) is 11.9. The van der Waals surface area contributed by atoms with Gasteiger partial charge in [-0.2, -0.15) is 8.78 Å². The second-order valence-electron chi connectivity index (χ2n) is 6.17. The standard InChI is InChI=1S/C21H19F2N3O2S/c1-13-12-17(15-8-4-3-5-9-15)26-21(24-13)29-14(2)19(27)25-16-10-6-7-11-18(16)28-20(22)23/h3-12,14,20H,1-2H3,(H,25,27)/t14-/m0/s1. The van der Waals surface area contributed by atoms with Gasteiger partial charge in [-0.05, 0) is 32.0 Å². The van der Waals surface area contributed by atoms with E-state index in [1.54, 1.807) is 19.1 Å². The molecule has 0 unspecified atom stereocenters. The number of carbonyl (C=O) groups excluding carboxylic acids is 1. The lowest BCUT2D eigenvalue weighted by atomic mass is 10.1. The summed E-state index contributed by atoms with van der Waals surface area (Å²) in [4.78, 5) is 21.5. The number of alkyl halides is 2. The van der Waals surface area contributed by atoms with Gasteiger partial charge in [-0.25, -0.2) is 9.97 Å². The second-order valence-corrected chi connectivity index (χ2v) is 7.48. The van der Waals surface area contributed by atoms with E-state index in [-0.39, 0.29) is 17.3 Å². The summed E-state index contributed by atoms with van der Waals surface area (Å²) in [6.45, 7) is 0.586. The van der Waals surface area contributed by atoms with Gasteiger partial charge in [0.25, 0.3) is 0 Å². The van der Waals surface area contributed by atoms with E-state index in [2.05, 4.69) is 20.0 Å². The van der Waals surface area contributed by atoms with Gasteiger partial charge in [-0.3, -0.25) is 4.79 Å². The minimum Gasteiger partial charge on any atom is -0.433 e. The van der Waals surface area contributed by atoms with Crippen molar-refractivity contribution in [1.82, 2.24) is 9.97 Å². The first-order valence-electron chi connectivity index (χ1n) is 8.85. The first kappa shape index (κ1) is 20.7. The van der Waals surface area contributed by atoms with Crippen molar-refractivity contribution in [1.29, 1.82) is 0 Å². The third-order valence-corrected chi connectivity index (χ3v) is 4.88. The lowest BCUT2D eigenvalue weighted by Gasteiger charge is -2.15. The van der Waals surface area contributed by atoms with Gasteiger partial charge in [0.1, 0.15) is 5.75 Å². The fourth-order valence-electron chi connectivity index (χ4n) is 2.57. The van der Waals surface area contributed by atoms with Crippen LogP contribution in [0.1, 0.15) is 12.6 Å². The van der Waals surface area contributed by atoms with Gasteiger partial charge >= 0.3 is 6.61 Å². The van der Waals surface area contributed by atoms with Crippen molar-refractivity contribution in [2.75, 3.05) is 5.32 Å². The molecule has 0 radical (unpaired) electrons. The third kappa shape index (κ3) is 5.74. The number of aryl methyl sites for hydroxylation is 1. The summed E-state index contributed by atoms with van der Waals surface area (Å²) in [6.07, 6.45) is 0. The zero-order valence-electron chi connectivity index (χ0n) is 15.8. The molecular formula is C21H19F2N3O2S. The molecule has 0 aliphatic carbocycles. The molecule has 5 nitrogen and oxygen atoms in total. The van der Waals surface area contributed by atoms with Gasteiger partial charge in [0, 0.05) is 11.3 Å². The van der Waals surface area contributed by atoms with Crippen LogP contribution in [0.2, 0.25) is 0 Å². The van der Waals surface area contributed by atoms with E-state index in [0.717, 1.165) is 17.0 Å². The molecule has 0 aliphatic heterocycles. The molecule has 0 aliphatic rings. The smallest absolute Gasteiger partial charge is 0.387 e. The minimum absolute atomic E-state index is 0.0915. The number of halogens is 2. The van der Waals surface area contributed by atoms with Gasteiger partial charge < -0.3 is 10.1 Å². The fourth-order valence-corrected chi connectivity index (χ4v) is 3.40. The van der Waals surface area contributed by atoms with Gasteiger partial charge in [-0.15, -0.1) is 0 Å². The summed E-state index contributed by atoms with van der Waals surface area (Å²) in [7, 11) is 0. The zero-order chi connectivity index (χ0) is 20.8. The third-order valence-electron chi connectivity index (χ3n) is 3.92. The van der Waals surface area contributed by atoms with Crippen molar-refractivity contribution in [3.8, 4) is 17.0 Å².